The zero-order valence-electron chi connectivity index (χ0n) is 35.1. The maximum absolute atomic E-state index is 5.16. The molecule has 0 bridgehead atoms. The lowest BCUT2D eigenvalue weighted by atomic mass is 10.0. The second-order valence-corrected chi connectivity index (χ2v) is 16.5. The van der Waals surface area contributed by atoms with Crippen LogP contribution in [-0.2, 0) is 0 Å². The lowest BCUT2D eigenvalue weighted by Crippen LogP contribution is -1.99. The Morgan fingerprint density at radius 1 is 0.277 bits per heavy atom. The fourth-order valence-electron chi connectivity index (χ4n) is 9.77. The highest BCUT2D eigenvalue weighted by atomic mass is 15.1. The molecular formula is C59H38N6. The first-order valence-electron chi connectivity index (χ1n) is 21.9. The first-order valence-corrected chi connectivity index (χ1v) is 21.9. The van der Waals surface area contributed by atoms with Crippen LogP contribution in [0.4, 0.5) is 0 Å². The molecule has 0 aliphatic rings. The molecule has 13 aromatic rings. The van der Waals surface area contributed by atoms with E-state index in [0.717, 1.165) is 56.1 Å². The summed E-state index contributed by atoms with van der Waals surface area (Å²) in [5.74, 6) is 1.55. The van der Waals surface area contributed by atoms with Crippen LogP contribution in [0, 0.1) is 0 Å². The van der Waals surface area contributed by atoms with Crippen LogP contribution in [0.15, 0.2) is 231 Å². The van der Waals surface area contributed by atoms with Gasteiger partial charge in [0.25, 0.3) is 0 Å². The van der Waals surface area contributed by atoms with E-state index in [2.05, 4.69) is 218 Å². The number of imidazole rings is 1. The Balaban J connectivity index is 0.888. The van der Waals surface area contributed by atoms with Crippen molar-refractivity contribution in [2.75, 3.05) is 0 Å². The molecule has 0 saturated heterocycles. The number of nitrogens with zero attached hydrogens (tertiary/aromatic N) is 6. The highest BCUT2D eigenvalue weighted by Gasteiger charge is 2.19. The summed E-state index contributed by atoms with van der Waals surface area (Å²) in [7, 11) is 0. The Bertz CT molecular complexity index is 3920. The number of aromatic nitrogens is 6. The van der Waals surface area contributed by atoms with Gasteiger partial charge in [-0.1, -0.05) is 121 Å². The van der Waals surface area contributed by atoms with Crippen molar-refractivity contribution in [2.45, 2.75) is 0 Å². The van der Waals surface area contributed by atoms with Crippen LogP contribution in [0.2, 0.25) is 0 Å². The lowest BCUT2D eigenvalue weighted by molar-refractivity contribution is 1.09. The first-order chi connectivity index (χ1) is 32.2. The summed E-state index contributed by atoms with van der Waals surface area (Å²) in [5.41, 5.74) is 16.7. The Kier molecular flexibility index (Phi) is 8.42. The van der Waals surface area contributed by atoms with Gasteiger partial charge in [0.2, 0.25) is 0 Å². The molecule has 4 heterocycles. The number of rotatable bonds is 7. The van der Waals surface area contributed by atoms with Crippen molar-refractivity contribution in [1.82, 2.24) is 28.7 Å². The predicted octanol–water partition coefficient (Wildman–Crippen LogP) is 14.7. The topological polar surface area (TPSA) is 53.5 Å². The maximum atomic E-state index is 5.16. The Hall–Kier alpha value is -8.87. The highest BCUT2D eigenvalue weighted by molar-refractivity contribution is 6.12. The SMILES string of the molecule is c1ccc(-c2ccc(-n3c4ccccc4c4cc(-c5ccc6c(c5)c5ccccc5n6-c5ccc(-n6c(-c7cccc(-c8ncccn8)c7)nc7ccccc76)cc5)ccc43)cc2)cc1. The molecule has 0 fully saturated rings. The predicted molar refractivity (Wildman–Crippen MR) is 267 cm³/mol. The minimum Gasteiger partial charge on any atom is -0.309 e. The van der Waals surface area contributed by atoms with Gasteiger partial charge in [-0.05, 0) is 119 Å². The van der Waals surface area contributed by atoms with Gasteiger partial charge >= 0.3 is 0 Å². The molecule has 6 nitrogen and oxygen atoms in total. The summed E-state index contributed by atoms with van der Waals surface area (Å²) in [6.07, 6.45) is 3.55. The third kappa shape index (κ3) is 6.07. The standard InChI is InChI=1S/C59H38N6/c1-2-12-39(13-3-1)40-22-26-45(27-23-40)63-53-19-7-4-16-48(53)50-37-41(24-32-55(50)63)42-25-33-56-51(38-42)49-17-5-8-20-54(49)64(56)46-28-30-47(31-29-46)65-57-21-9-6-18-52(57)62-59(65)44-15-10-14-43(36-44)58-60-34-11-35-61-58/h1-38H. The van der Waals surface area contributed by atoms with E-state index in [9.17, 15) is 0 Å². The van der Waals surface area contributed by atoms with E-state index in [0.29, 0.717) is 5.82 Å². The van der Waals surface area contributed by atoms with Crippen molar-refractivity contribution in [3.8, 4) is 62.1 Å². The summed E-state index contributed by atoms with van der Waals surface area (Å²) < 4.78 is 7.02. The van der Waals surface area contributed by atoms with Crippen LogP contribution >= 0.6 is 0 Å². The normalized spacial score (nSPS) is 11.7. The molecule has 0 unspecified atom stereocenters. The summed E-state index contributed by atoms with van der Waals surface area (Å²) in [6.45, 7) is 0. The summed E-state index contributed by atoms with van der Waals surface area (Å²) >= 11 is 0. The summed E-state index contributed by atoms with van der Waals surface area (Å²) in [4.78, 5) is 14.2. The zero-order valence-corrected chi connectivity index (χ0v) is 35.1. The molecule has 0 aliphatic carbocycles. The molecule has 0 spiro atoms. The van der Waals surface area contributed by atoms with Crippen molar-refractivity contribution in [3.05, 3.63) is 231 Å². The molecule has 0 aliphatic heterocycles. The summed E-state index contributed by atoms with van der Waals surface area (Å²) in [6, 6.07) is 78.1. The van der Waals surface area contributed by atoms with E-state index < -0.39 is 0 Å². The van der Waals surface area contributed by atoms with Crippen LogP contribution < -0.4 is 0 Å². The Labute approximate surface area is 374 Å². The largest absolute Gasteiger partial charge is 0.309 e. The fourth-order valence-corrected chi connectivity index (χ4v) is 9.77. The minimum absolute atomic E-state index is 0.686. The van der Waals surface area contributed by atoms with Gasteiger partial charge in [-0.15, -0.1) is 0 Å². The quantitative estimate of drug-likeness (QED) is 0.161. The number of benzene rings is 9. The maximum Gasteiger partial charge on any atom is 0.159 e. The van der Waals surface area contributed by atoms with Crippen LogP contribution in [-0.4, -0.2) is 28.7 Å². The first kappa shape index (κ1) is 36.8. The van der Waals surface area contributed by atoms with Crippen molar-refractivity contribution < 1.29 is 0 Å². The monoisotopic (exact) mass is 830 g/mol. The molecule has 0 amide bonds. The molecule has 65 heavy (non-hydrogen) atoms. The van der Waals surface area contributed by atoms with Crippen molar-refractivity contribution in [2.24, 2.45) is 0 Å². The average molecular weight is 831 g/mol. The van der Waals surface area contributed by atoms with E-state index in [1.165, 1.54) is 54.8 Å². The van der Waals surface area contributed by atoms with Crippen molar-refractivity contribution in [3.63, 3.8) is 0 Å². The molecule has 0 saturated carbocycles. The fraction of sp³-hybridized carbons (Fsp3) is 0. The molecule has 9 aromatic carbocycles. The molecule has 13 rings (SSSR count). The van der Waals surface area contributed by atoms with Gasteiger partial charge in [-0.3, -0.25) is 4.57 Å². The second kappa shape index (κ2) is 14.9. The van der Waals surface area contributed by atoms with E-state index in [1.807, 2.05) is 24.3 Å². The van der Waals surface area contributed by atoms with Crippen LogP contribution in [0.1, 0.15) is 0 Å². The van der Waals surface area contributed by atoms with Gasteiger partial charge in [0.15, 0.2) is 5.82 Å². The minimum atomic E-state index is 0.686. The molecule has 0 N–H and O–H groups in total. The molecule has 304 valence electrons. The number of hydrogen-bond acceptors (Lipinski definition) is 3. The average Bonchev–Trinajstić information content (AvgIpc) is 4.05. The third-order valence-corrected chi connectivity index (χ3v) is 12.8. The van der Waals surface area contributed by atoms with E-state index in [4.69, 9.17) is 4.98 Å². The van der Waals surface area contributed by atoms with Gasteiger partial charge in [-0.2, -0.15) is 0 Å². The van der Waals surface area contributed by atoms with Gasteiger partial charge in [0, 0.05) is 62.1 Å². The van der Waals surface area contributed by atoms with Crippen molar-refractivity contribution in [1.29, 1.82) is 0 Å². The smallest absolute Gasteiger partial charge is 0.159 e. The van der Waals surface area contributed by atoms with E-state index in [-0.39, 0.29) is 0 Å². The van der Waals surface area contributed by atoms with Gasteiger partial charge in [-0.25, -0.2) is 15.0 Å². The molecule has 0 radical (unpaired) electrons. The van der Waals surface area contributed by atoms with E-state index >= 15 is 0 Å². The molecular weight excluding hydrogens is 793 g/mol. The summed E-state index contributed by atoms with van der Waals surface area (Å²) in [5, 5.41) is 4.91. The van der Waals surface area contributed by atoms with Crippen molar-refractivity contribution >= 4 is 54.6 Å². The molecule has 6 heteroatoms. The van der Waals surface area contributed by atoms with Crippen LogP contribution in [0.25, 0.3) is 117 Å². The van der Waals surface area contributed by atoms with E-state index in [1.54, 1.807) is 12.4 Å². The molecule has 4 aromatic heterocycles. The van der Waals surface area contributed by atoms with Gasteiger partial charge in [0.05, 0.1) is 33.1 Å². The van der Waals surface area contributed by atoms with Crippen LogP contribution in [0.3, 0.4) is 0 Å². The second-order valence-electron chi connectivity index (χ2n) is 16.5. The number of fused-ring (bicyclic) bond motifs is 7. The third-order valence-electron chi connectivity index (χ3n) is 12.8. The van der Waals surface area contributed by atoms with Crippen LogP contribution in [0.5, 0.6) is 0 Å². The zero-order chi connectivity index (χ0) is 42.8. The Morgan fingerprint density at radius 2 is 0.738 bits per heavy atom. The highest BCUT2D eigenvalue weighted by Crippen LogP contribution is 2.39. The lowest BCUT2D eigenvalue weighted by Gasteiger charge is -2.13. The molecule has 0 atom stereocenters. The number of hydrogen-bond donors (Lipinski definition) is 0. The number of para-hydroxylation sites is 4. The van der Waals surface area contributed by atoms with Gasteiger partial charge in [0.1, 0.15) is 5.82 Å². The van der Waals surface area contributed by atoms with Gasteiger partial charge < -0.3 is 9.13 Å². The Morgan fingerprint density at radius 3 is 1.37 bits per heavy atom.